The summed E-state index contributed by atoms with van der Waals surface area (Å²) in [7, 11) is 8.17. The average molecular weight is 276 g/mol. The van der Waals surface area contributed by atoms with Crippen LogP contribution in [0.2, 0.25) is 0 Å². The summed E-state index contributed by atoms with van der Waals surface area (Å²) in [5, 5.41) is 0. The number of aromatic nitrogens is 2. The summed E-state index contributed by atoms with van der Waals surface area (Å²) < 4.78 is 7.91. The van der Waals surface area contributed by atoms with Crippen LogP contribution in [-0.2, 0) is 6.54 Å². The van der Waals surface area contributed by atoms with Gasteiger partial charge in [0.1, 0.15) is 12.5 Å². The van der Waals surface area contributed by atoms with E-state index in [-0.39, 0.29) is 0 Å². The highest BCUT2D eigenvalue weighted by Gasteiger charge is 2.05. The van der Waals surface area contributed by atoms with E-state index in [2.05, 4.69) is 34.6 Å². The number of fused-ring (bicyclic) bond motifs is 1. The molecule has 110 valence electrons. The van der Waals surface area contributed by atoms with Crippen molar-refractivity contribution in [1.82, 2.24) is 19.4 Å². The number of benzene rings is 1. The van der Waals surface area contributed by atoms with Gasteiger partial charge in [-0.05, 0) is 53.3 Å². The normalized spacial score (nSPS) is 11.7. The van der Waals surface area contributed by atoms with E-state index in [0.29, 0.717) is 6.73 Å². The molecule has 20 heavy (non-hydrogen) atoms. The molecule has 0 radical (unpaired) electrons. The molecule has 2 aromatic rings. The van der Waals surface area contributed by atoms with Crippen molar-refractivity contribution in [3.63, 3.8) is 0 Å². The third kappa shape index (κ3) is 3.95. The van der Waals surface area contributed by atoms with Crippen LogP contribution < -0.4 is 4.74 Å². The SMILES string of the molecule is CN(C)CCCn1cnc2ccc(OCN(C)C)cc21. The van der Waals surface area contributed by atoms with Crippen LogP contribution in [0.1, 0.15) is 6.42 Å². The van der Waals surface area contributed by atoms with Crippen molar-refractivity contribution in [3.8, 4) is 5.75 Å². The predicted octanol–water partition coefficient (Wildman–Crippen LogP) is 1.89. The Kier molecular flexibility index (Phi) is 4.98. The van der Waals surface area contributed by atoms with Gasteiger partial charge in [-0.2, -0.15) is 0 Å². The van der Waals surface area contributed by atoms with Crippen molar-refractivity contribution >= 4 is 11.0 Å². The van der Waals surface area contributed by atoms with E-state index in [1.165, 1.54) is 0 Å². The van der Waals surface area contributed by atoms with Crippen molar-refractivity contribution in [1.29, 1.82) is 0 Å². The summed E-state index contributed by atoms with van der Waals surface area (Å²) in [5.74, 6) is 0.889. The first-order chi connectivity index (χ1) is 9.56. The van der Waals surface area contributed by atoms with Gasteiger partial charge in [0, 0.05) is 12.6 Å². The Hall–Kier alpha value is -1.59. The molecule has 0 atom stereocenters. The molecule has 1 aromatic heterocycles. The molecule has 0 aliphatic carbocycles. The van der Waals surface area contributed by atoms with Crippen LogP contribution in [0.3, 0.4) is 0 Å². The molecule has 2 rings (SSSR count). The highest BCUT2D eigenvalue weighted by molar-refractivity contribution is 5.77. The maximum Gasteiger partial charge on any atom is 0.141 e. The third-order valence-electron chi connectivity index (χ3n) is 3.09. The molecule has 0 saturated heterocycles. The summed E-state index contributed by atoms with van der Waals surface area (Å²) in [5.41, 5.74) is 2.16. The second kappa shape index (κ2) is 6.72. The fourth-order valence-electron chi connectivity index (χ4n) is 2.07. The van der Waals surface area contributed by atoms with Gasteiger partial charge in [-0.25, -0.2) is 4.98 Å². The van der Waals surface area contributed by atoms with Crippen LogP contribution in [0.15, 0.2) is 24.5 Å². The first-order valence-electron chi connectivity index (χ1n) is 6.93. The zero-order valence-electron chi connectivity index (χ0n) is 12.8. The maximum atomic E-state index is 5.72. The van der Waals surface area contributed by atoms with Crippen molar-refractivity contribution in [3.05, 3.63) is 24.5 Å². The number of aryl methyl sites for hydroxylation is 1. The molecule has 1 aromatic carbocycles. The highest BCUT2D eigenvalue weighted by Crippen LogP contribution is 2.20. The van der Waals surface area contributed by atoms with E-state index in [1.807, 2.05) is 37.5 Å². The van der Waals surface area contributed by atoms with Crippen molar-refractivity contribution < 1.29 is 4.74 Å². The van der Waals surface area contributed by atoms with Crippen LogP contribution in [0.5, 0.6) is 5.75 Å². The summed E-state index contributed by atoms with van der Waals surface area (Å²) in [4.78, 5) is 8.63. The van der Waals surface area contributed by atoms with Crippen LogP contribution >= 0.6 is 0 Å². The minimum absolute atomic E-state index is 0.584. The Bertz CT molecular complexity index is 548. The van der Waals surface area contributed by atoms with Crippen LogP contribution in [0.25, 0.3) is 11.0 Å². The zero-order chi connectivity index (χ0) is 14.5. The third-order valence-corrected chi connectivity index (χ3v) is 3.09. The Morgan fingerprint density at radius 3 is 2.65 bits per heavy atom. The first-order valence-corrected chi connectivity index (χ1v) is 6.93. The lowest BCUT2D eigenvalue weighted by atomic mass is 10.3. The summed E-state index contributed by atoms with van der Waals surface area (Å²) >= 11 is 0. The fraction of sp³-hybridized carbons (Fsp3) is 0.533. The molecule has 0 fully saturated rings. The van der Waals surface area contributed by atoms with Gasteiger partial charge in [0.25, 0.3) is 0 Å². The van der Waals surface area contributed by atoms with Gasteiger partial charge in [0.05, 0.1) is 17.4 Å². The minimum Gasteiger partial charge on any atom is -0.478 e. The molecule has 5 heteroatoms. The van der Waals surface area contributed by atoms with Gasteiger partial charge in [0.2, 0.25) is 0 Å². The number of imidazole rings is 1. The molecule has 0 aliphatic heterocycles. The van der Waals surface area contributed by atoms with E-state index in [1.54, 1.807) is 0 Å². The van der Waals surface area contributed by atoms with E-state index < -0.39 is 0 Å². The molecule has 0 N–H and O–H groups in total. The quantitative estimate of drug-likeness (QED) is 0.723. The van der Waals surface area contributed by atoms with Crippen LogP contribution in [-0.4, -0.2) is 60.8 Å². The number of rotatable bonds is 7. The molecule has 0 spiro atoms. The molecule has 1 heterocycles. The fourth-order valence-corrected chi connectivity index (χ4v) is 2.07. The second-order valence-electron chi connectivity index (χ2n) is 5.60. The van der Waals surface area contributed by atoms with Crippen molar-refractivity contribution in [2.45, 2.75) is 13.0 Å². The minimum atomic E-state index is 0.584. The molecule has 0 amide bonds. The Morgan fingerprint density at radius 1 is 1.15 bits per heavy atom. The summed E-state index contributed by atoms with van der Waals surface area (Å²) in [6.07, 6.45) is 3.03. The zero-order valence-corrected chi connectivity index (χ0v) is 12.8. The molecule has 0 bridgehead atoms. The molecule has 5 nitrogen and oxygen atoms in total. The predicted molar refractivity (Wildman–Crippen MR) is 82.1 cm³/mol. The van der Waals surface area contributed by atoms with E-state index >= 15 is 0 Å². The molecule has 0 unspecified atom stereocenters. The monoisotopic (exact) mass is 276 g/mol. The van der Waals surface area contributed by atoms with Gasteiger partial charge < -0.3 is 14.2 Å². The lowest BCUT2D eigenvalue weighted by Gasteiger charge is -2.12. The topological polar surface area (TPSA) is 33.5 Å². The number of nitrogens with zero attached hydrogens (tertiary/aromatic N) is 4. The van der Waals surface area contributed by atoms with Gasteiger partial charge in [-0.3, -0.25) is 4.90 Å². The summed E-state index contributed by atoms with van der Waals surface area (Å²) in [6.45, 7) is 2.64. The maximum absolute atomic E-state index is 5.72. The molecular weight excluding hydrogens is 252 g/mol. The average Bonchev–Trinajstić information content (AvgIpc) is 2.79. The van der Waals surface area contributed by atoms with Crippen LogP contribution in [0.4, 0.5) is 0 Å². The summed E-state index contributed by atoms with van der Waals surface area (Å²) in [6, 6.07) is 6.06. The van der Waals surface area contributed by atoms with Crippen LogP contribution in [0, 0.1) is 0 Å². The van der Waals surface area contributed by atoms with Crippen molar-refractivity contribution in [2.75, 3.05) is 41.5 Å². The smallest absolute Gasteiger partial charge is 0.141 e. The number of ether oxygens (including phenoxy) is 1. The standard InChI is InChI=1S/C15H24N4O/c1-17(2)8-5-9-19-11-16-14-7-6-13(10-15(14)19)20-12-18(3)4/h6-7,10-11H,5,8-9,12H2,1-4H3. The Labute approximate surface area is 120 Å². The largest absolute Gasteiger partial charge is 0.478 e. The highest BCUT2D eigenvalue weighted by atomic mass is 16.5. The number of hydrogen-bond donors (Lipinski definition) is 0. The molecule has 0 aliphatic rings. The Morgan fingerprint density at radius 2 is 1.95 bits per heavy atom. The van der Waals surface area contributed by atoms with E-state index in [9.17, 15) is 0 Å². The lowest BCUT2D eigenvalue weighted by Crippen LogP contribution is -2.18. The first kappa shape index (κ1) is 14.8. The molecular formula is C15H24N4O. The van der Waals surface area contributed by atoms with E-state index in [4.69, 9.17) is 4.74 Å². The second-order valence-corrected chi connectivity index (χ2v) is 5.60. The van der Waals surface area contributed by atoms with Gasteiger partial charge >= 0.3 is 0 Å². The Balaban J connectivity index is 2.09. The molecule has 0 saturated carbocycles. The van der Waals surface area contributed by atoms with Gasteiger partial charge in [-0.15, -0.1) is 0 Å². The lowest BCUT2D eigenvalue weighted by molar-refractivity contribution is 0.179. The number of hydrogen-bond acceptors (Lipinski definition) is 4. The van der Waals surface area contributed by atoms with E-state index in [0.717, 1.165) is 36.3 Å². The van der Waals surface area contributed by atoms with Gasteiger partial charge in [-0.1, -0.05) is 0 Å². The van der Waals surface area contributed by atoms with Crippen molar-refractivity contribution in [2.24, 2.45) is 0 Å². The van der Waals surface area contributed by atoms with Gasteiger partial charge in [0.15, 0.2) is 0 Å².